The van der Waals surface area contributed by atoms with Crippen LogP contribution in [0.1, 0.15) is 36.6 Å². The first-order chi connectivity index (χ1) is 10.8. The van der Waals surface area contributed by atoms with Crippen molar-refractivity contribution in [2.24, 2.45) is 4.99 Å². The van der Waals surface area contributed by atoms with Crippen molar-refractivity contribution in [1.82, 2.24) is 25.4 Å². The first-order valence-corrected chi connectivity index (χ1v) is 7.71. The van der Waals surface area contributed by atoms with E-state index in [1.165, 1.54) is 5.56 Å². The van der Waals surface area contributed by atoms with Gasteiger partial charge in [-0.3, -0.25) is 4.99 Å². The van der Waals surface area contributed by atoms with Crippen molar-refractivity contribution in [3.8, 4) is 0 Å². The molecule has 0 spiro atoms. The van der Waals surface area contributed by atoms with Gasteiger partial charge in [-0.25, -0.2) is 0 Å². The lowest BCUT2D eigenvalue weighted by Crippen LogP contribution is -2.38. The molecule has 0 bridgehead atoms. The number of benzene rings is 1. The van der Waals surface area contributed by atoms with Gasteiger partial charge in [-0.2, -0.15) is 0 Å². The SMILES string of the molecule is CN=C(NCc1nnc2n1CCC2)NC(C)c1ccccc1. The van der Waals surface area contributed by atoms with Crippen LogP contribution in [0.25, 0.3) is 0 Å². The van der Waals surface area contributed by atoms with Crippen LogP contribution in [-0.4, -0.2) is 27.8 Å². The minimum atomic E-state index is 0.191. The van der Waals surface area contributed by atoms with Crippen molar-refractivity contribution in [2.45, 2.75) is 38.9 Å². The molecule has 3 rings (SSSR count). The highest BCUT2D eigenvalue weighted by atomic mass is 15.3. The van der Waals surface area contributed by atoms with Crippen molar-refractivity contribution in [3.05, 3.63) is 47.5 Å². The zero-order valence-corrected chi connectivity index (χ0v) is 13.1. The van der Waals surface area contributed by atoms with E-state index in [0.29, 0.717) is 6.54 Å². The van der Waals surface area contributed by atoms with E-state index >= 15 is 0 Å². The number of nitrogens with one attached hydrogen (secondary N) is 2. The summed E-state index contributed by atoms with van der Waals surface area (Å²) in [6, 6.07) is 10.5. The third-order valence-corrected chi connectivity index (χ3v) is 3.98. The van der Waals surface area contributed by atoms with Gasteiger partial charge in [0, 0.05) is 20.0 Å². The van der Waals surface area contributed by atoms with Crippen LogP contribution in [0.3, 0.4) is 0 Å². The molecule has 2 aromatic rings. The molecular formula is C16H22N6. The van der Waals surface area contributed by atoms with Gasteiger partial charge in [-0.05, 0) is 18.9 Å². The Kier molecular flexibility index (Phi) is 4.37. The van der Waals surface area contributed by atoms with Crippen molar-refractivity contribution in [1.29, 1.82) is 0 Å². The molecule has 0 fully saturated rings. The lowest BCUT2D eigenvalue weighted by molar-refractivity contribution is 0.646. The zero-order valence-electron chi connectivity index (χ0n) is 13.1. The van der Waals surface area contributed by atoms with E-state index < -0.39 is 0 Å². The molecule has 116 valence electrons. The van der Waals surface area contributed by atoms with Gasteiger partial charge in [-0.15, -0.1) is 10.2 Å². The van der Waals surface area contributed by atoms with Gasteiger partial charge in [-0.1, -0.05) is 30.3 Å². The van der Waals surface area contributed by atoms with Crippen LogP contribution in [0.4, 0.5) is 0 Å². The molecule has 0 saturated heterocycles. The summed E-state index contributed by atoms with van der Waals surface area (Å²) in [5, 5.41) is 15.2. The topological polar surface area (TPSA) is 67.1 Å². The van der Waals surface area contributed by atoms with E-state index in [-0.39, 0.29) is 6.04 Å². The number of nitrogens with zero attached hydrogens (tertiary/aromatic N) is 4. The molecule has 0 radical (unpaired) electrons. The average Bonchev–Trinajstić information content (AvgIpc) is 3.16. The maximum atomic E-state index is 4.28. The summed E-state index contributed by atoms with van der Waals surface area (Å²) in [5.41, 5.74) is 1.23. The Hall–Kier alpha value is -2.37. The number of fused-ring (bicyclic) bond motifs is 1. The van der Waals surface area contributed by atoms with Crippen LogP contribution in [0.15, 0.2) is 35.3 Å². The molecule has 0 saturated carbocycles. The summed E-state index contributed by atoms with van der Waals surface area (Å²) < 4.78 is 2.20. The van der Waals surface area contributed by atoms with Gasteiger partial charge < -0.3 is 15.2 Å². The fourth-order valence-electron chi connectivity index (χ4n) is 2.73. The summed E-state index contributed by atoms with van der Waals surface area (Å²) in [4.78, 5) is 4.28. The number of aryl methyl sites for hydroxylation is 1. The molecule has 1 atom stereocenters. The number of aromatic nitrogens is 3. The number of rotatable bonds is 4. The summed E-state index contributed by atoms with van der Waals surface area (Å²) in [5.74, 6) is 2.84. The molecule has 1 aromatic carbocycles. The van der Waals surface area contributed by atoms with Gasteiger partial charge >= 0.3 is 0 Å². The second-order valence-corrected chi connectivity index (χ2v) is 5.49. The van der Waals surface area contributed by atoms with Crippen LogP contribution in [0.2, 0.25) is 0 Å². The fraction of sp³-hybridized carbons (Fsp3) is 0.438. The summed E-state index contributed by atoms with van der Waals surface area (Å²) >= 11 is 0. The monoisotopic (exact) mass is 298 g/mol. The van der Waals surface area contributed by atoms with Crippen molar-refractivity contribution in [2.75, 3.05) is 7.05 Å². The highest BCUT2D eigenvalue weighted by molar-refractivity contribution is 5.80. The molecular weight excluding hydrogens is 276 g/mol. The van der Waals surface area contributed by atoms with E-state index in [4.69, 9.17) is 0 Å². The van der Waals surface area contributed by atoms with E-state index in [1.54, 1.807) is 7.05 Å². The molecule has 1 unspecified atom stereocenters. The van der Waals surface area contributed by atoms with E-state index in [2.05, 4.69) is 49.4 Å². The minimum absolute atomic E-state index is 0.191. The Balaban J connectivity index is 1.58. The molecule has 0 amide bonds. The fourth-order valence-corrected chi connectivity index (χ4v) is 2.73. The Labute approximate surface area is 130 Å². The Morgan fingerprint density at radius 3 is 2.91 bits per heavy atom. The lowest BCUT2D eigenvalue weighted by atomic mass is 10.1. The molecule has 1 aliphatic heterocycles. The third-order valence-electron chi connectivity index (χ3n) is 3.98. The van der Waals surface area contributed by atoms with Gasteiger partial charge in [0.1, 0.15) is 5.82 Å². The normalized spacial score (nSPS) is 15.5. The second kappa shape index (κ2) is 6.60. The quantitative estimate of drug-likeness (QED) is 0.665. The van der Waals surface area contributed by atoms with E-state index in [1.807, 2.05) is 18.2 Å². The molecule has 1 aromatic heterocycles. The molecule has 6 nitrogen and oxygen atoms in total. The Bertz CT molecular complexity index is 646. The molecule has 6 heteroatoms. The first-order valence-electron chi connectivity index (χ1n) is 7.71. The lowest BCUT2D eigenvalue weighted by Gasteiger charge is -2.18. The minimum Gasteiger partial charge on any atom is -0.350 e. The van der Waals surface area contributed by atoms with Crippen molar-refractivity contribution in [3.63, 3.8) is 0 Å². The van der Waals surface area contributed by atoms with Crippen LogP contribution in [-0.2, 0) is 19.5 Å². The summed E-state index contributed by atoms with van der Waals surface area (Å²) in [7, 11) is 1.78. The molecule has 2 heterocycles. The molecule has 1 aliphatic rings. The number of hydrogen-bond donors (Lipinski definition) is 2. The maximum Gasteiger partial charge on any atom is 0.191 e. The highest BCUT2D eigenvalue weighted by Crippen LogP contribution is 2.14. The van der Waals surface area contributed by atoms with Gasteiger partial charge in [0.25, 0.3) is 0 Å². The van der Waals surface area contributed by atoms with Crippen LogP contribution >= 0.6 is 0 Å². The van der Waals surface area contributed by atoms with Gasteiger partial charge in [0.15, 0.2) is 11.8 Å². The standard InChI is InChI=1S/C16H22N6/c1-12(13-7-4-3-5-8-13)19-16(17-2)18-11-15-21-20-14-9-6-10-22(14)15/h3-5,7-8,12H,6,9-11H2,1-2H3,(H2,17,18,19). The van der Waals surface area contributed by atoms with Gasteiger partial charge in [0.2, 0.25) is 0 Å². The maximum absolute atomic E-state index is 4.28. The molecule has 2 N–H and O–H groups in total. The van der Waals surface area contributed by atoms with Crippen molar-refractivity contribution < 1.29 is 0 Å². The Morgan fingerprint density at radius 1 is 1.32 bits per heavy atom. The predicted molar refractivity (Wildman–Crippen MR) is 86.5 cm³/mol. The van der Waals surface area contributed by atoms with Crippen LogP contribution in [0, 0.1) is 0 Å². The zero-order chi connectivity index (χ0) is 15.4. The molecule has 22 heavy (non-hydrogen) atoms. The van der Waals surface area contributed by atoms with Crippen LogP contribution in [0.5, 0.6) is 0 Å². The average molecular weight is 298 g/mol. The third kappa shape index (κ3) is 3.10. The first kappa shape index (κ1) is 14.6. The smallest absolute Gasteiger partial charge is 0.191 e. The van der Waals surface area contributed by atoms with E-state index in [0.717, 1.165) is 37.0 Å². The highest BCUT2D eigenvalue weighted by Gasteiger charge is 2.17. The summed E-state index contributed by atoms with van der Waals surface area (Å²) in [6.07, 6.45) is 2.20. The molecule has 0 aliphatic carbocycles. The number of hydrogen-bond acceptors (Lipinski definition) is 3. The van der Waals surface area contributed by atoms with Crippen molar-refractivity contribution >= 4 is 5.96 Å². The largest absolute Gasteiger partial charge is 0.350 e. The summed E-state index contributed by atoms with van der Waals surface area (Å²) in [6.45, 7) is 3.77. The Morgan fingerprint density at radius 2 is 2.14 bits per heavy atom. The van der Waals surface area contributed by atoms with Crippen LogP contribution < -0.4 is 10.6 Å². The van der Waals surface area contributed by atoms with E-state index in [9.17, 15) is 0 Å². The number of guanidine groups is 1. The van der Waals surface area contributed by atoms with Gasteiger partial charge in [0.05, 0.1) is 12.6 Å². The second-order valence-electron chi connectivity index (χ2n) is 5.49. The predicted octanol–water partition coefficient (Wildman–Crippen LogP) is 1.65. The number of aliphatic imine (C=N–C) groups is 1.